The summed E-state index contributed by atoms with van der Waals surface area (Å²) in [5, 5.41) is 11.3. The molecule has 0 atom stereocenters. The van der Waals surface area contributed by atoms with Crippen LogP contribution in [-0.4, -0.2) is 35.7 Å². The fourth-order valence-corrected chi connectivity index (χ4v) is 4.96. The standard InChI is InChI=1S/C18H16ClN3O5S/c19-13-1-6-17-16(11-13)20-18(27-17)12-7-9-21(10-8-12)28(25,26)15-4-2-14(3-5-15)22(23)24/h1-6,11-12H,7-10H2. The number of rotatable bonds is 4. The number of piperidine rings is 1. The van der Waals surface area contributed by atoms with E-state index in [1.807, 2.05) is 0 Å². The third kappa shape index (κ3) is 3.48. The third-order valence-electron chi connectivity index (χ3n) is 4.85. The van der Waals surface area contributed by atoms with Crippen LogP contribution in [0.4, 0.5) is 5.69 Å². The number of nitro benzene ring substituents is 1. The number of halogens is 1. The molecule has 1 saturated heterocycles. The molecule has 1 aliphatic rings. The molecule has 0 spiro atoms. The third-order valence-corrected chi connectivity index (χ3v) is 7.00. The summed E-state index contributed by atoms with van der Waals surface area (Å²) in [6, 6.07) is 10.2. The van der Waals surface area contributed by atoms with E-state index in [0.29, 0.717) is 47.9 Å². The van der Waals surface area contributed by atoms with Crippen LogP contribution in [0.1, 0.15) is 24.7 Å². The zero-order valence-corrected chi connectivity index (χ0v) is 16.2. The Hall–Kier alpha value is -2.49. The molecule has 1 aromatic heterocycles. The molecule has 1 aliphatic heterocycles. The lowest BCUT2D eigenvalue weighted by molar-refractivity contribution is -0.384. The van der Waals surface area contributed by atoms with Crippen molar-refractivity contribution < 1.29 is 17.8 Å². The second-order valence-electron chi connectivity index (χ2n) is 6.59. The van der Waals surface area contributed by atoms with E-state index in [-0.39, 0.29) is 16.5 Å². The van der Waals surface area contributed by atoms with Crippen LogP contribution >= 0.6 is 11.6 Å². The zero-order valence-electron chi connectivity index (χ0n) is 14.6. The zero-order chi connectivity index (χ0) is 19.9. The van der Waals surface area contributed by atoms with E-state index >= 15 is 0 Å². The van der Waals surface area contributed by atoms with E-state index in [0.717, 1.165) is 0 Å². The van der Waals surface area contributed by atoms with Crippen LogP contribution in [0, 0.1) is 10.1 Å². The number of nitro groups is 1. The summed E-state index contributed by atoms with van der Waals surface area (Å²) in [5.74, 6) is 0.610. The molecule has 28 heavy (non-hydrogen) atoms. The van der Waals surface area contributed by atoms with Crippen LogP contribution in [0.15, 0.2) is 51.8 Å². The van der Waals surface area contributed by atoms with E-state index in [1.165, 1.54) is 28.6 Å². The molecule has 0 saturated carbocycles. The number of aromatic nitrogens is 1. The minimum absolute atomic E-state index is 0.0227. The highest BCUT2D eigenvalue weighted by molar-refractivity contribution is 7.89. The highest BCUT2D eigenvalue weighted by Gasteiger charge is 2.32. The van der Waals surface area contributed by atoms with Gasteiger partial charge in [-0.1, -0.05) is 11.6 Å². The van der Waals surface area contributed by atoms with Crippen LogP contribution in [0.3, 0.4) is 0 Å². The van der Waals surface area contributed by atoms with Crippen molar-refractivity contribution in [3.63, 3.8) is 0 Å². The second-order valence-corrected chi connectivity index (χ2v) is 8.97. The summed E-state index contributed by atoms with van der Waals surface area (Å²) in [5.41, 5.74) is 1.19. The molecule has 0 unspecified atom stereocenters. The Labute approximate surface area is 165 Å². The molecule has 0 amide bonds. The van der Waals surface area contributed by atoms with Crippen LogP contribution in [0.2, 0.25) is 5.02 Å². The molecule has 0 aliphatic carbocycles. The van der Waals surface area contributed by atoms with Crippen LogP contribution in [0.5, 0.6) is 0 Å². The van der Waals surface area contributed by atoms with Gasteiger partial charge in [0, 0.05) is 36.2 Å². The minimum Gasteiger partial charge on any atom is -0.440 e. The van der Waals surface area contributed by atoms with E-state index in [1.54, 1.807) is 18.2 Å². The number of benzene rings is 2. The summed E-state index contributed by atoms with van der Waals surface area (Å²) in [6.45, 7) is 0.646. The fourth-order valence-electron chi connectivity index (χ4n) is 3.33. The molecule has 0 N–H and O–H groups in total. The normalized spacial score (nSPS) is 16.5. The van der Waals surface area contributed by atoms with Gasteiger partial charge in [-0.2, -0.15) is 4.31 Å². The van der Waals surface area contributed by atoms with E-state index < -0.39 is 14.9 Å². The summed E-state index contributed by atoms with van der Waals surface area (Å²) in [7, 11) is -3.70. The van der Waals surface area contributed by atoms with Crippen molar-refractivity contribution in [2.75, 3.05) is 13.1 Å². The molecule has 8 nitrogen and oxygen atoms in total. The Balaban J connectivity index is 1.48. The van der Waals surface area contributed by atoms with Crippen LogP contribution in [0.25, 0.3) is 11.1 Å². The van der Waals surface area contributed by atoms with Gasteiger partial charge in [0.05, 0.1) is 9.82 Å². The van der Waals surface area contributed by atoms with Gasteiger partial charge in [0.25, 0.3) is 5.69 Å². The van der Waals surface area contributed by atoms with Crippen molar-refractivity contribution in [3.8, 4) is 0 Å². The number of fused-ring (bicyclic) bond motifs is 1. The Kier molecular flexibility index (Phi) is 4.82. The highest BCUT2D eigenvalue weighted by atomic mass is 35.5. The second kappa shape index (κ2) is 7.16. The lowest BCUT2D eigenvalue weighted by atomic mass is 9.98. The van der Waals surface area contributed by atoms with E-state index in [9.17, 15) is 18.5 Å². The van der Waals surface area contributed by atoms with Gasteiger partial charge in [-0.25, -0.2) is 13.4 Å². The topological polar surface area (TPSA) is 107 Å². The number of oxazole rings is 1. The van der Waals surface area contributed by atoms with Crippen molar-refractivity contribution in [1.82, 2.24) is 9.29 Å². The van der Waals surface area contributed by atoms with Crippen LogP contribution in [-0.2, 0) is 10.0 Å². The van der Waals surface area contributed by atoms with Crippen LogP contribution < -0.4 is 0 Å². The Morgan fingerprint density at radius 3 is 2.46 bits per heavy atom. The van der Waals surface area contributed by atoms with E-state index in [2.05, 4.69) is 4.98 Å². The predicted molar refractivity (Wildman–Crippen MR) is 103 cm³/mol. The summed E-state index contributed by atoms with van der Waals surface area (Å²) >= 11 is 5.98. The number of nitrogens with zero attached hydrogens (tertiary/aromatic N) is 3. The van der Waals surface area contributed by atoms with Crippen molar-refractivity contribution in [3.05, 3.63) is 63.5 Å². The quantitative estimate of drug-likeness (QED) is 0.466. The average molecular weight is 422 g/mol. The largest absolute Gasteiger partial charge is 0.440 e. The maximum atomic E-state index is 12.8. The average Bonchev–Trinajstić information content (AvgIpc) is 3.11. The van der Waals surface area contributed by atoms with Crippen molar-refractivity contribution >= 4 is 38.4 Å². The monoisotopic (exact) mass is 421 g/mol. The molecule has 1 fully saturated rings. The van der Waals surface area contributed by atoms with Gasteiger partial charge in [0.2, 0.25) is 10.0 Å². The fraction of sp³-hybridized carbons (Fsp3) is 0.278. The molecule has 4 rings (SSSR count). The molecular weight excluding hydrogens is 406 g/mol. The highest BCUT2D eigenvalue weighted by Crippen LogP contribution is 2.32. The van der Waals surface area contributed by atoms with Gasteiger partial charge >= 0.3 is 0 Å². The first-order chi connectivity index (χ1) is 13.3. The lowest BCUT2D eigenvalue weighted by Gasteiger charge is -2.29. The summed E-state index contributed by atoms with van der Waals surface area (Å²) in [6.07, 6.45) is 1.15. The Morgan fingerprint density at radius 2 is 1.82 bits per heavy atom. The first-order valence-electron chi connectivity index (χ1n) is 8.65. The van der Waals surface area contributed by atoms with Gasteiger partial charge in [-0.3, -0.25) is 10.1 Å². The molecular formula is C18H16ClN3O5S. The summed E-state index contributed by atoms with van der Waals surface area (Å²) in [4.78, 5) is 14.7. The minimum atomic E-state index is -3.70. The number of hydrogen-bond donors (Lipinski definition) is 0. The molecule has 3 aromatic rings. The maximum absolute atomic E-state index is 12.8. The number of non-ortho nitro benzene ring substituents is 1. The number of sulfonamides is 1. The molecule has 0 bridgehead atoms. The van der Waals surface area contributed by atoms with Gasteiger partial charge in [0.15, 0.2) is 11.5 Å². The number of hydrogen-bond acceptors (Lipinski definition) is 6. The smallest absolute Gasteiger partial charge is 0.269 e. The van der Waals surface area contributed by atoms with Gasteiger partial charge in [-0.15, -0.1) is 0 Å². The van der Waals surface area contributed by atoms with E-state index in [4.69, 9.17) is 16.0 Å². The molecule has 2 aromatic carbocycles. The van der Waals surface area contributed by atoms with Crippen molar-refractivity contribution in [1.29, 1.82) is 0 Å². The van der Waals surface area contributed by atoms with Gasteiger partial charge in [-0.05, 0) is 43.2 Å². The maximum Gasteiger partial charge on any atom is 0.269 e. The van der Waals surface area contributed by atoms with Crippen molar-refractivity contribution in [2.45, 2.75) is 23.7 Å². The molecule has 10 heteroatoms. The molecule has 0 radical (unpaired) electrons. The molecule has 2 heterocycles. The Bertz CT molecular complexity index is 1140. The Morgan fingerprint density at radius 1 is 1.14 bits per heavy atom. The van der Waals surface area contributed by atoms with Gasteiger partial charge in [0.1, 0.15) is 5.52 Å². The predicted octanol–water partition coefficient (Wildman–Crippen LogP) is 3.96. The summed E-state index contributed by atoms with van der Waals surface area (Å²) < 4.78 is 32.8. The first kappa shape index (κ1) is 18.9. The van der Waals surface area contributed by atoms with Crippen molar-refractivity contribution in [2.24, 2.45) is 0 Å². The molecule has 146 valence electrons. The lowest BCUT2D eigenvalue weighted by Crippen LogP contribution is -2.37. The van der Waals surface area contributed by atoms with Gasteiger partial charge < -0.3 is 4.42 Å². The SMILES string of the molecule is O=[N+]([O-])c1ccc(S(=O)(=O)N2CCC(c3nc4cc(Cl)ccc4o3)CC2)cc1. The first-order valence-corrected chi connectivity index (χ1v) is 10.5.